The molecule has 0 aliphatic heterocycles. The van der Waals surface area contributed by atoms with E-state index in [1.54, 1.807) is 14.2 Å². The molecular weight excluding hydrogens is 226 g/mol. The van der Waals surface area contributed by atoms with Crippen molar-refractivity contribution < 1.29 is 9.47 Å². The van der Waals surface area contributed by atoms with Crippen molar-refractivity contribution in [2.24, 2.45) is 0 Å². The highest BCUT2D eigenvalue weighted by atomic mass is 35.5. The summed E-state index contributed by atoms with van der Waals surface area (Å²) in [6.45, 7) is 0.896. The van der Waals surface area contributed by atoms with Gasteiger partial charge in [0.05, 0.1) is 20.2 Å². The van der Waals surface area contributed by atoms with Crippen LogP contribution in [0.5, 0.6) is 11.5 Å². The fourth-order valence-corrected chi connectivity index (χ4v) is 1.57. The molecule has 1 aromatic carbocycles. The molecule has 90 valence electrons. The van der Waals surface area contributed by atoms with Crippen LogP contribution in [0.1, 0.15) is 5.56 Å². The molecule has 0 aliphatic rings. The van der Waals surface area contributed by atoms with Gasteiger partial charge in [0, 0.05) is 6.54 Å². The third-order valence-corrected chi connectivity index (χ3v) is 2.86. The predicted molar refractivity (Wildman–Crippen MR) is 66.6 cm³/mol. The van der Waals surface area contributed by atoms with E-state index in [0.29, 0.717) is 6.00 Å². The number of methoxy groups -OCH3 is 2. The molecule has 4 heteroatoms. The van der Waals surface area contributed by atoms with Gasteiger partial charge in [-0.15, -0.1) is 11.6 Å². The summed E-state index contributed by atoms with van der Waals surface area (Å²) in [5, 5.41) is 0. The van der Waals surface area contributed by atoms with E-state index in [9.17, 15) is 0 Å². The minimum Gasteiger partial charge on any atom is -0.497 e. The van der Waals surface area contributed by atoms with Gasteiger partial charge in [-0.05, 0) is 37.2 Å². The lowest BCUT2D eigenvalue weighted by molar-refractivity contribution is 0.377. The first-order valence-electron chi connectivity index (χ1n) is 5.16. The summed E-state index contributed by atoms with van der Waals surface area (Å²) >= 11 is 5.72. The normalized spacial score (nSPS) is 10.6. The van der Waals surface area contributed by atoms with Crippen LogP contribution in [0, 0.1) is 0 Å². The Labute approximate surface area is 102 Å². The minimum atomic E-state index is 0.534. The maximum atomic E-state index is 5.72. The van der Waals surface area contributed by atoms with Crippen molar-refractivity contribution in [2.75, 3.05) is 33.8 Å². The first kappa shape index (κ1) is 13.1. The van der Waals surface area contributed by atoms with Gasteiger partial charge in [-0.25, -0.2) is 0 Å². The van der Waals surface area contributed by atoms with Crippen molar-refractivity contribution in [1.82, 2.24) is 4.90 Å². The van der Waals surface area contributed by atoms with Crippen LogP contribution in [0.25, 0.3) is 0 Å². The molecule has 1 rings (SSSR count). The topological polar surface area (TPSA) is 21.7 Å². The van der Waals surface area contributed by atoms with Gasteiger partial charge in [0.15, 0.2) is 0 Å². The average molecular weight is 244 g/mol. The fraction of sp³-hybridized carbons (Fsp3) is 0.500. The molecule has 0 atom stereocenters. The quantitative estimate of drug-likeness (QED) is 0.566. The largest absolute Gasteiger partial charge is 0.497 e. The Balaban J connectivity index is 2.75. The highest BCUT2D eigenvalue weighted by molar-refractivity contribution is 6.17. The summed E-state index contributed by atoms with van der Waals surface area (Å²) in [6.07, 6.45) is 0.892. The number of benzene rings is 1. The van der Waals surface area contributed by atoms with Crippen molar-refractivity contribution in [1.29, 1.82) is 0 Å². The van der Waals surface area contributed by atoms with Crippen LogP contribution in [-0.2, 0) is 6.42 Å². The lowest BCUT2D eigenvalue weighted by Gasteiger charge is -2.14. The molecular formula is C12H18ClNO2. The zero-order chi connectivity index (χ0) is 12.0. The van der Waals surface area contributed by atoms with E-state index in [1.165, 1.54) is 0 Å². The van der Waals surface area contributed by atoms with Gasteiger partial charge in [0.25, 0.3) is 0 Å². The summed E-state index contributed by atoms with van der Waals surface area (Å²) in [4.78, 5) is 2.04. The van der Waals surface area contributed by atoms with Gasteiger partial charge in [0.2, 0.25) is 0 Å². The second-order valence-corrected chi connectivity index (χ2v) is 3.87. The lowest BCUT2D eigenvalue weighted by Crippen LogP contribution is -2.19. The highest BCUT2D eigenvalue weighted by Crippen LogP contribution is 2.24. The van der Waals surface area contributed by atoms with Crippen LogP contribution in [0.15, 0.2) is 18.2 Å². The SMILES string of the molecule is COc1ccc(OC)c(CCN(C)CCl)c1. The van der Waals surface area contributed by atoms with Crippen LogP contribution >= 0.6 is 11.6 Å². The molecule has 1 aromatic rings. The fourth-order valence-electron chi connectivity index (χ4n) is 1.45. The maximum Gasteiger partial charge on any atom is 0.122 e. The Morgan fingerprint density at radius 1 is 1.25 bits per heavy atom. The summed E-state index contributed by atoms with van der Waals surface area (Å²) in [7, 11) is 5.33. The average Bonchev–Trinajstić information content (AvgIpc) is 2.35. The predicted octanol–water partition coefficient (Wildman–Crippen LogP) is 2.37. The minimum absolute atomic E-state index is 0.534. The summed E-state index contributed by atoms with van der Waals surface area (Å²) < 4.78 is 10.5. The Kier molecular flexibility index (Phi) is 5.43. The number of likely N-dealkylation sites (N-methyl/N-ethyl adjacent to an activating group) is 1. The Morgan fingerprint density at radius 2 is 2.00 bits per heavy atom. The Morgan fingerprint density at radius 3 is 2.56 bits per heavy atom. The van der Waals surface area contributed by atoms with Crippen molar-refractivity contribution in [3.63, 3.8) is 0 Å². The molecule has 0 aliphatic carbocycles. The van der Waals surface area contributed by atoms with Crippen LogP contribution in [0.2, 0.25) is 0 Å². The lowest BCUT2D eigenvalue weighted by atomic mass is 10.1. The van der Waals surface area contributed by atoms with Crippen LogP contribution in [0.3, 0.4) is 0 Å². The van der Waals surface area contributed by atoms with Crippen molar-refractivity contribution in [3.8, 4) is 11.5 Å². The smallest absolute Gasteiger partial charge is 0.122 e. The molecule has 0 fully saturated rings. The van der Waals surface area contributed by atoms with Gasteiger partial charge in [-0.3, -0.25) is 4.90 Å². The number of nitrogens with zero attached hydrogens (tertiary/aromatic N) is 1. The monoisotopic (exact) mass is 243 g/mol. The number of hydrogen-bond acceptors (Lipinski definition) is 3. The Hall–Kier alpha value is -0.930. The molecule has 0 bridgehead atoms. The van der Waals surface area contributed by atoms with Gasteiger partial charge >= 0.3 is 0 Å². The number of alkyl halides is 1. The van der Waals surface area contributed by atoms with E-state index in [0.717, 1.165) is 30.0 Å². The molecule has 0 N–H and O–H groups in total. The van der Waals surface area contributed by atoms with E-state index in [2.05, 4.69) is 0 Å². The first-order valence-corrected chi connectivity index (χ1v) is 5.70. The molecule has 0 heterocycles. The first-order chi connectivity index (χ1) is 7.71. The standard InChI is InChI=1S/C12H18ClNO2/c1-14(9-13)7-6-10-8-11(15-2)4-5-12(10)16-3/h4-5,8H,6-7,9H2,1-3H3. The van der Waals surface area contributed by atoms with E-state index in [-0.39, 0.29) is 0 Å². The third kappa shape index (κ3) is 3.58. The summed E-state index contributed by atoms with van der Waals surface area (Å²) in [5.41, 5.74) is 1.14. The van der Waals surface area contributed by atoms with Gasteiger partial charge in [-0.1, -0.05) is 0 Å². The number of halogens is 1. The zero-order valence-corrected chi connectivity index (χ0v) is 10.8. The summed E-state index contributed by atoms with van der Waals surface area (Å²) in [5.74, 6) is 1.74. The number of ether oxygens (including phenoxy) is 2. The molecule has 0 aromatic heterocycles. The van der Waals surface area contributed by atoms with E-state index < -0.39 is 0 Å². The van der Waals surface area contributed by atoms with E-state index in [1.807, 2.05) is 30.1 Å². The second kappa shape index (κ2) is 6.61. The number of hydrogen-bond donors (Lipinski definition) is 0. The molecule has 0 spiro atoms. The Bertz CT molecular complexity index is 331. The van der Waals surface area contributed by atoms with Crippen LogP contribution in [0.4, 0.5) is 0 Å². The molecule has 0 amide bonds. The highest BCUT2D eigenvalue weighted by Gasteiger charge is 2.06. The van der Waals surface area contributed by atoms with Crippen LogP contribution < -0.4 is 9.47 Å². The van der Waals surface area contributed by atoms with Gasteiger partial charge in [0.1, 0.15) is 11.5 Å². The summed E-state index contributed by atoms with van der Waals surface area (Å²) in [6, 6.07) is 6.36. The molecule has 3 nitrogen and oxygen atoms in total. The third-order valence-electron chi connectivity index (χ3n) is 2.45. The molecule has 0 radical (unpaired) electrons. The van der Waals surface area contributed by atoms with E-state index in [4.69, 9.17) is 21.1 Å². The molecule has 0 saturated heterocycles. The van der Waals surface area contributed by atoms with Crippen molar-refractivity contribution >= 4 is 11.6 Å². The van der Waals surface area contributed by atoms with Gasteiger partial charge in [-0.2, -0.15) is 0 Å². The number of rotatable bonds is 6. The van der Waals surface area contributed by atoms with Crippen molar-refractivity contribution in [2.45, 2.75) is 6.42 Å². The van der Waals surface area contributed by atoms with Crippen molar-refractivity contribution in [3.05, 3.63) is 23.8 Å². The maximum absolute atomic E-state index is 5.72. The molecule has 0 unspecified atom stereocenters. The zero-order valence-electron chi connectivity index (χ0n) is 10.00. The second-order valence-electron chi connectivity index (χ2n) is 3.63. The van der Waals surface area contributed by atoms with Gasteiger partial charge < -0.3 is 9.47 Å². The molecule has 16 heavy (non-hydrogen) atoms. The van der Waals surface area contributed by atoms with E-state index >= 15 is 0 Å². The molecule has 0 saturated carbocycles. The van der Waals surface area contributed by atoms with Crippen LogP contribution in [-0.4, -0.2) is 38.7 Å².